The maximum Gasteiger partial charge on any atom is 0.303 e. The number of ether oxygens (including phenoxy) is 1. The summed E-state index contributed by atoms with van der Waals surface area (Å²) < 4.78 is 5.58. The van der Waals surface area contributed by atoms with Crippen LogP contribution in [0.5, 0.6) is 5.75 Å². The molecule has 122 valence electrons. The summed E-state index contributed by atoms with van der Waals surface area (Å²) in [6.07, 6.45) is 1.65. The van der Waals surface area contributed by atoms with Gasteiger partial charge in [-0.1, -0.05) is 42.5 Å². The van der Waals surface area contributed by atoms with Crippen molar-refractivity contribution in [2.45, 2.75) is 25.2 Å². The Morgan fingerprint density at radius 1 is 1.09 bits per heavy atom. The molecule has 0 saturated heterocycles. The summed E-state index contributed by atoms with van der Waals surface area (Å²) in [5.74, 6) is 0.00925. The maximum absolute atomic E-state index is 11.1. The first kappa shape index (κ1) is 17.0. The zero-order chi connectivity index (χ0) is 16.5. The van der Waals surface area contributed by atoms with Crippen LogP contribution in [0.15, 0.2) is 54.6 Å². The molecule has 0 saturated carbocycles. The van der Waals surface area contributed by atoms with Crippen molar-refractivity contribution >= 4 is 5.97 Å². The van der Waals surface area contributed by atoms with Crippen molar-refractivity contribution in [3.8, 4) is 5.75 Å². The van der Waals surface area contributed by atoms with Gasteiger partial charge in [0.1, 0.15) is 5.75 Å². The summed E-state index contributed by atoms with van der Waals surface area (Å²) in [6.45, 7) is 1.23. The Bertz CT molecular complexity index is 596. The van der Waals surface area contributed by atoms with Gasteiger partial charge in [-0.25, -0.2) is 0 Å². The lowest BCUT2D eigenvalue weighted by atomic mass is 9.89. The molecular formula is C19H23NO3. The Morgan fingerprint density at radius 2 is 1.78 bits per heavy atom. The monoisotopic (exact) mass is 313 g/mol. The Labute approximate surface area is 136 Å². The smallest absolute Gasteiger partial charge is 0.303 e. The van der Waals surface area contributed by atoms with Gasteiger partial charge in [0, 0.05) is 0 Å². The van der Waals surface area contributed by atoms with Crippen LogP contribution in [0.3, 0.4) is 0 Å². The fourth-order valence-corrected chi connectivity index (χ4v) is 2.52. The summed E-state index contributed by atoms with van der Waals surface area (Å²) in [4.78, 5) is 11.1. The SMILES string of the molecule is NCCCOc1ccc(CC(CC(=O)O)c2ccccc2)cc1. The Morgan fingerprint density at radius 3 is 2.39 bits per heavy atom. The van der Waals surface area contributed by atoms with Crippen LogP contribution in [0.4, 0.5) is 0 Å². The van der Waals surface area contributed by atoms with E-state index in [1.165, 1.54) is 0 Å². The first-order valence-corrected chi connectivity index (χ1v) is 7.87. The highest BCUT2D eigenvalue weighted by Gasteiger charge is 2.16. The van der Waals surface area contributed by atoms with Crippen molar-refractivity contribution in [2.24, 2.45) is 5.73 Å². The number of carboxylic acids is 1. The number of carboxylic acid groups (broad SMARTS) is 1. The quantitative estimate of drug-likeness (QED) is 0.697. The molecule has 0 aliphatic heterocycles. The molecule has 0 aliphatic carbocycles. The molecule has 0 bridgehead atoms. The largest absolute Gasteiger partial charge is 0.494 e. The summed E-state index contributed by atoms with van der Waals surface area (Å²) in [6, 6.07) is 17.6. The minimum absolute atomic E-state index is 0.0299. The maximum atomic E-state index is 11.1. The lowest BCUT2D eigenvalue weighted by Gasteiger charge is -2.16. The molecule has 0 amide bonds. The van der Waals surface area contributed by atoms with Gasteiger partial charge in [-0.3, -0.25) is 4.79 Å². The number of benzene rings is 2. The summed E-state index contributed by atoms with van der Waals surface area (Å²) in [5.41, 5.74) is 7.60. The highest BCUT2D eigenvalue weighted by atomic mass is 16.5. The third-order valence-corrected chi connectivity index (χ3v) is 3.71. The van der Waals surface area contributed by atoms with E-state index >= 15 is 0 Å². The molecule has 0 aliphatic rings. The van der Waals surface area contributed by atoms with Gasteiger partial charge in [-0.15, -0.1) is 0 Å². The molecule has 1 unspecified atom stereocenters. The molecule has 2 aromatic rings. The number of hydrogen-bond donors (Lipinski definition) is 2. The Kier molecular flexibility index (Phi) is 6.63. The van der Waals surface area contributed by atoms with Gasteiger partial charge in [0.05, 0.1) is 13.0 Å². The fraction of sp³-hybridized carbons (Fsp3) is 0.316. The highest BCUT2D eigenvalue weighted by molar-refractivity contribution is 5.68. The van der Waals surface area contributed by atoms with Crippen molar-refractivity contribution in [2.75, 3.05) is 13.2 Å². The van der Waals surface area contributed by atoms with Crippen LogP contribution >= 0.6 is 0 Å². The number of aliphatic carboxylic acids is 1. The first-order valence-electron chi connectivity index (χ1n) is 7.87. The van der Waals surface area contributed by atoms with Gasteiger partial charge in [0.2, 0.25) is 0 Å². The van der Waals surface area contributed by atoms with E-state index in [1.54, 1.807) is 0 Å². The highest BCUT2D eigenvalue weighted by Crippen LogP contribution is 2.25. The Hall–Kier alpha value is -2.33. The zero-order valence-corrected chi connectivity index (χ0v) is 13.2. The van der Waals surface area contributed by atoms with E-state index in [2.05, 4.69) is 0 Å². The molecule has 0 spiro atoms. The van der Waals surface area contributed by atoms with Gasteiger partial charge in [-0.05, 0) is 48.6 Å². The molecule has 4 nitrogen and oxygen atoms in total. The van der Waals surface area contributed by atoms with Crippen molar-refractivity contribution < 1.29 is 14.6 Å². The summed E-state index contributed by atoms with van der Waals surface area (Å²) in [7, 11) is 0. The van der Waals surface area contributed by atoms with E-state index < -0.39 is 5.97 Å². The molecule has 2 rings (SSSR count). The lowest BCUT2D eigenvalue weighted by Crippen LogP contribution is -2.09. The fourth-order valence-electron chi connectivity index (χ4n) is 2.52. The molecule has 3 N–H and O–H groups in total. The summed E-state index contributed by atoms with van der Waals surface area (Å²) >= 11 is 0. The minimum atomic E-state index is -0.777. The molecule has 0 fully saturated rings. The number of carbonyl (C=O) groups is 1. The second-order valence-corrected chi connectivity index (χ2v) is 5.54. The van der Waals surface area contributed by atoms with Crippen molar-refractivity contribution in [3.63, 3.8) is 0 Å². The number of hydrogen-bond acceptors (Lipinski definition) is 3. The molecule has 23 heavy (non-hydrogen) atoms. The number of rotatable bonds is 9. The van der Waals surface area contributed by atoms with Crippen LogP contribution in [-0.4, -0.2) is 24.2 Å². The van der Waals surface area contributed by atoms with Crippen LogP contribution in [0.1, 0.15) is 29.9 Å². The molecular weight excluding hydrogens is 290 g/mol. The van der Waals surface area contributed by atoms with Gasteiger partial charge in [-0.2, -0.15) is 0 Å². The van der Waals surface area contributed by atoms with Crippen molar-refractivity contribution in [3.05, 3.63) is 65.7 Å². The normalized spacial score (nSPS) is 11.9. The molecule has 0 radical (unpaired) electrons. The van der Waals surface area contributed by atoms with E-state index in [0.29, 0.717) is 19.6 Å². The predicted molar refractivity (Wildman–Crippen MR) is 90.7 cm³/mol. The molecule has 0 heterocycles. The topological polar surface area (TPSA) is 72.5 Å². The van der Waals surface area contributed by atoms with Gasteiger partial charge in [0.25, 0.3) is 0 Å². The zero-order valence-electron chi connectivity index (χ0n) is 13.2. The minimum Gasteiger partial charge on any atom is -0.494 e. The second kappa shape index (κ2) is 8.96. The second-order valence-electron chi connectivity index (χ2n) is 5.54. The van der Waals surface area contributed by atoms with Crippen LogP contribution in [0, 0.1) is 0 Å². The Balaban J connectivity index is 2.03. The van der Waals surface area contributed by atoms with E-state index in [0.717, 1.165) is 23.3 Å². The van der Waals surface area contributed by atoms with Crippen molar-refractivity contribution in [1.82, 2.24) is 0 Å². The third-order valence-electron chi connectivity index (χ3n) is 3.71. The molecule has 0 aromatic heterocycles. The van der Waals surface area contributed by atoms with Gasteiger partial charge in [0.15, 0.2) is 0 Å². The third kappa shape index (κ3) is 5.75. The van der Waals surface area contributed by atoms with Gasteiger partial charge < -0.3 is 15.6 Å². The van der Waals surface area contributed by atoms with E-state index in [1.807, 2.05) is 54.6 Å². The van der Waals surface area contributed by atoms with E-state index in [4.69, 9.17) is 15.6 Å². The molecule has 4 heteroatoms. The summed E-state index contributed by atoms with van der Waals surface area (Å²) in [5, 5.41) is 9.16. The number of nitrogens with two attached hydrogens (primary N) is 1. The first-order chi connectivity index (χ1) is 11.2. The van der Waals surface area contributed by atoms with Gasteiger partial charge >= 0.3 is 5.97 Å². The van der Waals surface area contributed by atoms with Crippen LogP contribution in [0.25, 0.3) is 0 Å². The van der Waals surface area contributed by atoms with E-state index in [9.17, 15) is 4.79 Å². The van der Waals surface area contributed by atoms with Crippen LogP contribution in [0.2, 0.25) is 0 Å². The van der Waals surface area contributed by atoms with E-state index in [-0.39, 0.29) is 12.3 Å². The van der Waals surface area contributed by atoms with Crippen molar-refractivity contribution in [1.29, 1.82) is 0 Å². The average molecular weight is 313 g/mol. The average Bonchev–Trinajstić information content (AvgIpc) is 2.56. The molecule has 2 aromatic carbocycles. The lowest BCUT2D eigenvalue weighted by molar-refractivity contribution is -0.137. The molecule has 1 atom stereocenters. The van der Waals surface area contributed by atoms with Crippen LogP contribution in [-0.2, 0) is 11.2 Å². The standard InChI is InChI=1S/C19H23NO3/c20-11-4-12-23-18-9-7-15(8-10-18)13-17(14-19(21)22)16-5-2-1-3-6-16/h1-3,5-10,17H,4,11-14,20H2,(H,21,22). The van der Waals surface area contributed by atoms with Crippen LogP contribution < -0.4 is 10.5 Å². The predicted octanol–water partition coefficient (Wildman–Crippen LogP) is 3.22.